The number of nitro groups is 1. The van der Waals surface area contributed by atoms with Crippen molar-refractivity contribution in [3.63, 3.8) is 0 Å². The molecule has 0 N–H and O–H groups in total. The Morgan fingerprint density at radius 2 is 1.89 bits per heavy atom. The third-order valence-corrected chi connectivity index (χ3v) is 4.42. The van der Waals surface area contributed by atoms with Crippen LogP contribution in [-0.4, -0.2) is 36.0 Å². The van der Waals surface area contributed by atoms with Crippen LogP contribution in [0.3, 0.4) is 0 Å². The topological polar surface area (TPSA) is 81.9 Å². The zero-order valence-corrected chi connectivity index (χ0v) is 16.7. The van der Waals surface area contributed by atoms with Gasteiger partial charge in [-0.3, -0.25) is 14.9 Å². The van der Waals surface area contributed by atoms with Crippen LogP contribution in [0.5, 0.6) is 11.5 Å². The lowest BCUT2D eigenvalue weighted by atomic mass is 10.1. The minimum Gasteiger partial charge on any atom is -0.490 e. The first-order valence-electron chi connectivity index (χ1n) is 9.30. The second-order valence-corrected chi connectivity index (χ2v) is 6.39. The second kappa shape index (κ2) is 9.73. The van der Waals surface area contributed by atoms with E-state index < -0.39 is 4.92 Å². The maximum Gasteiger partial charge on any atom is 0.269 e. The Morgan fingerprint density at radius 1 is 1.14 bits per heavy atom. The molecule has 1 atom stereocenters. The van der Waals surface area contributed by atoms with Gasteiger partial charge >= 0.3 is 0 Å². The Kier molecular flexibility index (Phi) is 7.37. The largest absolute Gasteiger partial charge is 0.490 e. The van der Waals surface area contributed by atoms with Gasteiger partial charge < -0.3 is 14.4 Å². The number of amides is 1. The van der Waals surface area contributed by atoms with E-state index in [-0.39, 0.29) is 17.6 Å². The van der Waals surface area contributed by atoms with Gasteiger partial charge in [0.25, 0.3) is 11.6 Å². The van der Waals surface area contributed by atoms with Gasteiger partial charge in [0.2, 0.25) is 0 Å². The highest BCUT2D eigenvalue weighted by molar-refractivity contribution is 5.95. The van der Waals surface area contributed by atoms with E-state index in [1.165, 1.54) is 12.1 Å². The summed E-state index contributed by atoms with van der Waals surface area (Å²) in [6, 6.07) is 11.1. The van der Waals surface area contributed by atoms with Crippen LogP contribution in [0.15, 0.2) is 42.5 Å². The molecule has 0 aromatic heterocycles. The summed E-state index contributed by atoms with van der Waals surface area (Å²) in [5, 5.41) is 11.0. The average Bonchev–Trinajstić information content (AvgIpc) is 2.71. The van der Waals surface area contributed by atoms with E-state index in [2.05, 4.69) is 0 Å². The molecule has 2 aromatic rings. The second-order valence-electron chi connectivity index (χ2n) is 6.39. The summed E-state index contributed by atoms with van der Waals surface area (Å²) in [5.41, 5.74) is 1.16. The molecule has 0 aliphatic carbocycles. The van der Waals surface area contributed by atoms with Crippen molar-refractivity contribution in [1.82, 2.24) is 4.90 Å². The summed E-state index contributed by atoms with van der Waals surface area (Å²) in [4.78, 5) is 25.1. The molecule has 0 unspecified atom stereocenters. The quantitative estimate of drug-likeness (QED) is 0.464. The Balaban J connectivity index is 2.25. The van der Waals surface area contributed by atoms with Crippen LogP contribution in [0.4, 0.5) is 5.69 Å². The number of hydrogen-bond donors (Lipinski definition) is 0. The fourth-order valence-electron chi connectivity index (χ4n) is 2.74. The van der Waals surface area contributed by atoms with Crippen LogP contribution in [0.2, 0.25) is 0 Å². The zero-order chi connectivity index (χ0) is 20.7. The fraction of sp³-hybridized carbons (Fsp3) is 0.381. The van der Waals surface area contributed by atoms with Crippen LogP contribution < -0.4 is 9.47 Å². The molecule has 7 nitrogen and oxygen atoms in total. The van der Waals surface area contributed by atoms with E-state index in [0.29, 0.717) is 35.8 Å². The number of carbonyl (C=O) groups is 1. The van der Waals surface area contributed by atoms with E-state index in [1.807, 2.05) is 20.8 Å². The predicted octanol–water partition coefficient (Wildman–Crippen LogP) is 4.62. The summed E-state index contributed by atoms with van der Waals surface area (Å²) in [6.07, 6.45) is 0.871. The summed E-state index contributed by atoms with van der Waals surface area (Å²) in [7, 11) is 1.67. The molecule has 150 valence electrons. The molecule has 0 heterocycles. The van der Waals surface area contributed by atoms with Gasteiger partial charge in [0, 0.05) is 24.7 Å². The Labute approximate surface area is 165 Å². The van der Waals surface area contributed by atoms with Crippen LogP contribution in [0.25, 0.3) is 0 Å². The standard InChI is InChI=1S/C21H26N2O5/c1-5-12-28-19-11-10-17(14-20(19)27-6-2)21(24)22(4)15(3)16-8-7-9-18(13-16)23(25)26/h7-11,13-15H,5-6,12H2,1-4H3/t15-/m0/s1. The van der Waals surface area contributed by atoms with Gasteiger partial charge in [-0.15, -0.1) is 0 Å². The number of ether oxygens (including phenoxy) is 2. The van der Waals surface area contributed by atoms with Crippen molar-refractivity contribution in [2.24, 2.45) is 0 Å². The predicted molar refractivity (Wildman–Crippen MR) is 107 cm³/mol. The average molecular weight is 386 g/mol. The first-order valence-corrected chi connectivity index (χ1v) is 9.30. The maximum absolute atomic E-state index is 13.0. The molecule has 2 aromatic carbocycles. The molecular weight excluding hydrogens is 360 g/mol. The summed E-state index contributed by atoms with van der Waals surface area (Å²) in [5.74, 6) is 0.926. The molecule has 0 aliphatic rings. The van der Waals surface area contributed by atoms with Gasteiger partial charge in [-0.25, -0.2) is 0 Å². The molecule has 0 spiro atoms. The molecule has 0 bridgehead atoms. The van der Waals surface area contributed by atoms with Crippen molar-refractivity contribution in [3.8, 4) is 11.5 Å². The molecule has 0 radical (unpaired) electrons. The van der Waals surface area contributed by atoms with Crippen LogP contribution in [0.1, 0.15) is 49.2 Å². The molecule has 7 heteroatoms. The number of non-ortho nitro benzene ring substituents is 1. The summed E-state index contributed by atoms with van der Waals surface area (Å²) < 4.78 is 11.3. The van der Waals surface area contributed by atoms with Gasteiger partial charge in [0.15, 0.2) is 11.5 Å². The monoisotopic (exact) mass is 386 g/mol. The minimum atomic E-state index is -0.443. The van der Waals surface area contributed by atoms with Crippen molar-refractivity contribution < 1.29 is 19.2 Å². The molecule has 0 fully saturated rings. The lowest BCUT2D eigenvalue weighted by Gasteiger charge is -2.25. The van der Waals surface area contributed by atoms with Crippen LogP contribution in [0, 0.1) is 10.1 Å². The smallest absolute Gasteiger partial charge is 0.269 e. The fourth-order valence-corrected chi connectivity index (χ4v) is 2.74. The first-order chi connectivity index (χ1) is 13.4. The zero-order valence-electron chi connectivity index (χ0n) is 16.7. The van der Waals surface area contributed by atoms with E-state index >= 15 is 0 Å². The Morgan fingerprint density at radius 3 is 2.54 bits per heavy atom. The van der Waals surface area contributed by atoms with Gasteiger partial charge in [0.05, 0.1) is 24.2 Å². The summed E-state index contributed by atoms with van der Waals surface area (Å²) in [6.45, 7) is 6.74. The van der Waals surface area contributed by atoms with Crippen molar-refractivity contribution in [2.45, 2.75) is 33.2 Å². The molecule has 0 aliphatic heterocycles. The van der Waals surface area contributed by atoms with Gasteiger partial charge in [-0.05, 0) is 44.0 Å². The molecule has 0 saturated carbocycles. The highest BCUT2D eigenvalue weighted by Crippen LogP contribution is 2.30. The minimum absolute atomic E-state index is 0.00116. The molecule has 28 heavy (non-hydrogen) atoms. The highest BCUT2D eigenvalue weighted by Gasteiger charge is 2.22. The number of nitrogens with zero attached hydrogens (tertiary/aromatic N) is 2. The van der Waals surface area contributed by atoms with Crippen LogP contribution in [-0.2, 0) is 0 Å². The van der Waals surface area contributed by atoms with Crippen molar-refractivity contribution in [1.29, 1.82) is 0 Å². The number of benzene rings is 2. The third-order valence-electron chi connectivity index (χ3n) is 4.42. The molecular formula is C21H26N2O5. The Hall–Kier alpha value is -3.09. The van der Waals surface area contributed by atoms with Crippen molar-refractivity contribution >= 4 is 11.6 Å². The van der Waals surface area contributed by atoms with Crippen LogP contribution >= 0.6 is 0 Å². The number of rotatable bonds is 9. The number of hydrogen-bond acceptors (Lipinski definition) is 5. The van der Waals surface area contributed by atoms with E-state index in [0.717, 1.165) is 6.42 Å². The molecule has 1 amide bonds. The first kappa shape index (κ1) is 21.2. The van der Waals surface area contributed by atoms with E-state index in [4.69, 9.17) is 9.47 Å². The number of carbonyl (C=O) groups excluding carboxylic acids is 1. The highest BCUT2D eigenvalue weighted by atomic mass is 16.6. The lowest BCUT2D eigenvalue weighted by molar-refractivity contribution is -0.384. The molecule has 0 saturated heterocycles. The van der Waals surface area contributed by atoms with E-state index in [1.54, 1.807) is 42.3 Å². The Bertz CT molecular complexity index is 837. The third kappa shape index (κ3) is 5.00. The maximum atomic E-state index is 13.0. The van der Waals surface area contributed by atoms with Gasteiger partial charge in [-0.2, -0.15) is 0 Å². The van der Waals surface area contributed by atoms with Crippen molar-refractivity contribution in [2.75, 3.05) is 20.3 Å². The normalized spacial score (nSPS) is 11.6. The van der Waals surface area contributed by atoms with Gasteiger partial charge in [-0.1, -0.05) is 19.1 Å². The molecule has 2 rings (SSSR count). The number of nitro benzene ring substituents is 1. The van der Waals surface area contributed by atoms with E-state index in [9.17, 15) is 14.9 Å². The lowest BCUT2D eigenvalue weighted by Crippen LogP contribution is -2.29. The van der Waals surface area contributed by atoms with Gasteiger partial charge in [0.1, 0.15) is 0 Å². The SMILES string of the molecule is CCCOc1ccc(C(=O)N(C)[C@@H](C)c2cccc([N+](=O)[O-])c2)cc1OCC. The summed E-state index contributed by atoms with van der Waals surface area (Å²) >= 11 is 0. The van der Waals surface area contributed by atoms with Crippen molar-refractivity contribution in [3.05, 3.63) is 63.7 Å².